The Labute approximate surface area is 108 Å². The summed E-state index contributed by atoms with van der Waals surface area (Å²) in [4.78, 5) is 10.7. The molecule has 0 bridgehead atoms. The Morgan fingerprint density at radius 3 is 2.50 bits per heavy atom. The van der Waals surface area contributed by atoms with Crippen LogP contribution in [-0.2, 0) is 20.7 Å². The molecule has 98 valence electrons. The van der Waals surface area contributed by atoms with Crippen molar-refractivity contribution in [2.75, 3.05) is 13.2 Å². The first kappa shape index (κ1) is 13.2. The topological polar surface area (TPSA) is 35.5 Å². The van der Waals surface area contributed by atoms with Gasteiger partial charge >= 0.3 is 0 Å². The van der Waals surface area contributed by atoms with Gasteiger partial charge in [-0.3, -0.25) is 0 Å². The van der Waals surface area contributed by atoms with Gasteiger partial charge in [0.1, 0.15) is 6.29 Å². The average molecular weight is 248 g/mol. The van der Waals surface area contributed by atoms with Crippen LogP contribution in [0.25, 0.3) is 0 Å². The Hall–Kier alpha value is -1.19. The van der Waals surface area contributed by atoms with Gasteiger partial charge < -0.3 is 14.3 Å². The van der Waals surface area contributed by atoms with Gasteiger partial charge in [-0.2, -0.15) is 0 Å². The van der Waals surface area contributed by atoms with E-state index in [9.17, 15) is 4.79 Å². The summed E-state index contributed by atoms with van der Waals surface area (Å²) in [7, 11) is 0. The Morgan fingerprint density at radius 2 is 1.83 bits per heavy atom. The van der Waals surface area contributed by atoms with Gasteiger partial charge in [0.15, 0.2) is 5.79 Å². The first-order chi connectivity index (χ1) is 8.85. The molecule has 0 aliphatic carbocycles. The van der Waals surface area contributed by atoms with Gasteiger partial charge in [-0.15, -0.1) is 0 Å². The van der Waals surface area contributed by atoms with Crippen LogP contribution in [0.3, 0.4) is 0 Å². The van der Waals surface area contributed by atoms with Crippen molar-refractivity contribution in [2.24, 2.45) is 0 Å². The van der Waals surface area contributed by atoms with Crippen LogP contribution in [0.1, 0.15) is 31.2 Å². The van der Waals surface area contributed by atoms with Gasteiger partial charge in [-0.1, -0.05) is 30.3 Å². The minimum atomic E-state index is -0.627. The molecule has 0 aromatic heterocycles. The van der Waals surface area contributed by atoms with E-state index in [2.05, 4.69) is 24.3 Å². The largest absolute Gasteiger partial charge is 0.347 e. The lowest BCUT2D eigenvalue weighted by molar-refractivity contribution is -0.168. The van der Waals surface area contributed by atoms with Crippen molar-refractivity contribution in [1.29, 1.82) is 0 Å². The molecule has 0 atom stereocenters. The number of carbonyl (C=O) groups excluding carboxylic acids is 1. The fourth-order valence-corrected chi connectivity index (χ4v) is 2.36. The Kier molecular flexibility index (Phi) is 4.90. The number of unbranched alkanes of at least 4 members (excludes halogenated alkanes) is 1. The molecule has 0 radical (unpaired) electrons. The Bertz CT molecular complexity index is 355. The van der Waals surface area contributed by atoms with Crippen molar-refractivity contribution in [3.63, 3.8) is 0 Å². The zero-order chi connectivity index (χ0) is 12.7. The number of hydrogen-bond donors (Lipinski definition) is 0. The predicted octanol–water partition coefficient (Wildman–Crippen LogP) is 2.73. The second-order valence-corrected chi connectivity index (χ2v) is 4.67. The molecule has 1 heterocycles. The first-order valence-corrected chi connectivity index (χ1v) is 6.60. The van der Waals surface area contributed by atoms with Crippen LogP contribution < -0.4 is 0 Å². The first-order valence-electron chi connectivity index (χ1n) is 6.60. The summed E-state index contributed by atoms with van der Waals surface area (Å²) < 4.78 is 11.2. The molecule has 2 rings (SSSR count). The highest BCUT2D eigenvalue weighted by Crippen LogP contribution is 2.28. The second-order valence-electron chi connectivity index (χ2n) is 4.67. The molecule has 18 heavy (non-hydrogen) atoms. The SMILES string of the molecule is O=CCC1(CCCCc2ccccc2)OCCO1. The highest BCUT2D eigenvalue weighted by molar-refractivity contribution is 5.50. The number of hydrogen-bond acceptors (Lipinski definition) is 3. The van der Waals surface area contributed by atoms with Crippen molar-refractivity contribution < 1.29 is 14.3 Å². The number of rotatable bonds is 7. The van der Waals surface area contributed by atoms with Crippen LogP contribution in [0.15, 0.2) is 30.3 Å². The molecule has 1 fully saturated rings. The van der Waals surface area contributed by atoms with E-state index in [4.69, 9.17) is 9.47 Å². The second kappa shape index (κ2) is 6.66. The zero-order valence-corrected chi connectivity index (χ0v) is 10.6. The lowest BCUT2D eigenvalue weighted by atomic mass is 10.0. The van der Waals surface area contributed by atoms with Crippen LogP contribution >= 0.6 is 0 Å². The van der Waals surface area contributed by atoms with Crippen LogP contribution in [-0.4, -0.2) is 25.3 Å². The monoisotopic (exact) mass is 248 g/mol. The van der Waals surface area contributed by atoms with Crippen molar-refractivity contribution in [3.05, 3.63) is 35.9 Å². The highest BCUT2D eigenvalue weighted by atomic mass is 16.7. The molecule has 0 N–H and O–H groups in total. The molecular weight excluding hydrogens is 228 g/mol. The van der Waals surface area contributed by atoms with E-state index in [1.165, 1.54) is 5.56 Å². The fourth-order valence-electron chi connectivity index (χ4n) is 2.36. The maximum absolute atomic E-state index is 10.7. The normalized spacial score (nSPS) is 17.8. The van der Waals surface area contributed by atoms with Gasteiger partial charge in [-0.25, -0.2) is 0 Å². The molecule has 3 heteroatoms. The molecule has 1 aliphatic heterocycles. The van der Waals surface area contributed by atoms with Crippen molar-refractivity contribution in [1.82, 2.24) is 0 Å². The number of aryl methyl sites for hydroxylation is 1. The van der Waals surface area contributed by atoms with E-state index >= 15 is 0 Å². The molecule has 0 spiro atoms. The van der Waals surface area contributed by atoms with Gasteiger partial charge in [-0.05, 0) is 24.8 Å². The van der Waals surface area contributed by atoms with E-state index in [0.717, 1.165) is 32.0 Å². The van der Waals surface area contributed by atoms with Gasteiger partial charge in [0, 0.05) is 6.42 Å². The van der Waals surface area contributed by atoms with E-state index in [1.807, 2.05) is 6.07 Å². The lowest BCUT2D eigenvalue weighted by Gasteiger charge is -2.25. The quantitative estimate of drug-likeness (QED) is 0.550. The average Bonchev–Trinajstić information content (AvgIpc) is 2.86. The third-order valence-corrected chi connectivity index (χ3v) is 3.32. The van der Waals surface area contributed by atoms with Crippen molar-refractivity contribution in [2.45, 2.75) is 37.9 Å². The van der Waals surface area contributed by atoms with Crippen LogP contribution in [0, 0.1) is 0 Å². The van der Waals surface area contributed by atoms with E-state index in [-0.39, 0.29) is 0 Å². The fraction of sp³-hybridized carbons (Fsp3) is 0.533. The van der Waals surface area contributed by atoms with E-state index in [1.54, 1.807) is 0 Å². The minimum absolute atomic E-state index is 0.346. The molecule has 0 amide bonds. The number of carbonyl (C=O) groups is 1. The molecular formula is C15H20O3. The summed E-state index contributed by atoms with van der Waals surface area (Å²) in [5.74, 6) is -0.627. The summed E-state index contributed by atoms with van der Waals surface area (Å²) >= 11 is 0. The molecule has 0 unspecified atom stereocenters. The van der Waals surface area contributed by atoms with E-state index in [0.29, 0.717) is 19.6 Å². The molecule has 1 aromatic carbocycles. The zero-order valence-electron chi connectivity index (χ0n) is 10.6. The molecule has 1 saturated heterocycles. The van der Waals surface area contributed by atoms with Gasteiger partial charge in [0.25, 0.3) is 0 Å². The summed E-state index contributed by atoms with van der Waals surface area (Å²) in [6, 6.07) is 10.4. The number of ether oxygens (including phenoxy) is 2. The van der Waals surface area contributed by atoms with Crippen LogP contribution in [0.5, 0.6) is 0 Å². The molecule has 1 aromatic rings. The third-order valence-electron chi connectivity index (χ3n) is 3.32. The smallest absolute Gasteiger partial charge is 0.175 e. The van der Waals surface area contributed by atoms with Crippen molar-refractivity contribution in [3.8, 4) is 0 Å². The summed E-state index contributed by atoms with van der Waals surface area (Å²) in [6.07, 6.45) is 5.22. The van der Waals surface area contributed by atoms with E-state index < -0.39 is 5.79 Å². The highest BCUT2D eigenvalue weighted by Gasteiger charge is 2.35. The van der Waals surface area contributed by atoms with Gasteiger partial charge in [0.05, 0.1) is 19.6 Å². The van der Waals surface area contributed by atoms with Crippen molar-refractivity contribution >= 4 is 6.29 Å². The maximum atomic E-state index is 10.7. The third kappa shape index (κ3) is 3.65. The predicted molar refractivity (Wildman–Crippen MR) is 69.3 cm³/mol. The molecule has 1 aliphatic rings. The molecule has 3 nitrogen and oxygen atoms in total. The standard InChI is InChI=1S/C15H20O3/c16-11-10-15(17-12-13-18-15)9-5-4-8-14-6-2-1-3-7-14/h1-3,6-7,11H,4-5,8-10,12-13H2. The molecule has 0 saturated carbocycles. The van der Waals surface area contributed by atoms with Crippen LogP contribution in [0.2, 0.25) is 0 Å². The Morgan fingerprint density at radius 1 is 1.11 bits per heavy atom. The summed E-state index contributed by atoms with van der Waals surface area (Å²) in [5.41, 5.74) is 1.36. The van der Waals surface area contributed by atoms with Gasteiger partial charge in [0.2, 0.25) is 0 Å². The lowest BCUT2D eigenvalue weighted by Crippen LogP contribution is -2.30. The Balaban J connectivity index is 1.72. The number of benzene rings is 1. The summed E-state index contributed by atoms with van der Waals surface area (Å²) in [5, 5.41) is 0. The number of aldehydes is 1. The maximum Gasteiger partial charge on any atom is 0.175 e. The minimum Gasteiger partial charge on any atom is -0.347 e. The van der Waals surface area contributed by atoms with Crippen LogP contribution in [0.4, 0.5) is 0 Å². The summed E-state index contributed by atoms with van der Waals surface area (Å²) in [6.45, 7) is 1.21.